The number of nitrogens with zero attached hydrogens (tertiary/aromatic N) is 3. The van der Waals surface area contributed by atoms with E-state index >= 15 is 0 Å². The van der Waals surface area contributed by atoms with Gasteiger partial charge in [0.05, 0.1) is 34.2 Å². The largest absolute Gasteiger partial charge is 0.309 e. The van der Waals surface area contributed by atoms with Crippen LogP contribution in [0.15, 0.2) is 400 Å². The van der Waals surface area contributed by atoms with Crippen LogP contribution in [0.2, 0.25) is 0 Å². The maximum Gasteiger partial charge on any atom is 0.181 e. The van der Waals surface area contributed by atoms with E-state index in [4.69, 9.17) is 0 Å². The molecular weight excluding hydrogens is 1190 g/mol. The van der Waals surface area contributed by atoms with Crippen LogP contribution in [0.3, 0.4) is 0 Å². The second-order valence-electron chi connectivity index (χ2n) is 24.8. The third-order valence-corrected chi connectivity index (χ3v) is 28.8. The van der Waals surface area contributed by atoms with Gasteiger partial charge in [0.2, 0.25) is 0 Å². The van der Waals surface area contributed by atoms with Crippen LogP contribution in [-0.4, -0.2) is 29.8 Å². The molecule has 96 heavy (non-hydrogen) atoms. The van der Waals surface area contributed by atoms with Gasteiger partial charge in [0.15, 0.2) is 16.1 Å². The molecule has 0 saturated heterocycles. The zero-order valence-corrected chi connectivity index (χ0v) is 55.4. The summed E-state index contributed by atoms with van der Waals surface area (Å²) in [5, 5.41) is 10.3. The molecule has 3 nitrogen and oxygen atoms in total. The van der Waals surface area contributed by atoms with Gasteiger partial charge in [0, 0.05) is 22.6 Å². The highest BCUT2D eigenvalue weighted by Gasteiger charge is 2.47. The maximum atomic E-state index is 2.60. The van der Waals surface area contributed by atoms with Crippen molar-refractivity contribution in [2.24, 2.45) is 0 Å². The average Bonchev–Trinajstić information content (AvgIpc) is 1.26. The van der Waals surface area contributed by atoms with Crippen LogP contribution in [-0.2, 0) is 0 Å². The van der Waals surface area contributed by atoms with E-state index in [0.29, 0.717) is 0 Å². The molecule has 0 amide bonds. The second-order valence-corrected chi connectivity index (χ2v) is 32.3. The van der Waals surface area contributed by atoms with Gasteiger partial charge in [-0.25, -0.2) is 0 Å². The summed E-state index contributed by atoms with van der Waals surface area (Å²) in [6, 6.07) is 150. The standard InChI is InChI=1S/C91H69N3Si2/c1-68-62-84(69-38-14-2-15-39-69)92(75-44-20-5-21-45-75)89(68)72-63-73(90-87(66-85(70-40-16-3-17-41-70)93(90)76-46-22-6-23-47-76)95(78-50-26-8-27-51-78,79-52-28-9-29-53-79)80-54-30-10-31-55-80)65-74(64-72)91-88(67-86(71-42-18-4-19-43-71)94(91)77-48-24-7-25-49-77)96(81-56-32-11-33-57-81,82-58-34-12-35-59-82)83-60-36-13-37-61-83/h2-67H,1H3. The van der Waals surface area contributed by atoms with Crippen molar-refractivity contribution < 1.29 is 0 Å². The van der Waals surface area contributed by atoms with Crippen molar-refractivity contribution in [1.82, 2.24) is 13.7 Å². The minimum absolute atomic E-state index is 1.07. The fraction of sp³-hybridized carbons (Fsp3) is 0.0110. The highest BCUT2D eigenvalue weighted by Crippen LogP contribution is 2.44. The van der Waals surface area contributed by atoms with Crippen LogP contribution < -0.4 is 41.5 Å². The first-order valence-corrected chi connectivity index (χ1v) is 37.2. The molecule has 0 aliphatic rings. The number of benzene rings is 13. The Labute approximate surface area is 565 Å². The van der Waals surface area contributed by atoms with Gasteiger partial charge in [0.1, 0.15) is 0 Å². The van der Waals surface area contributed by atoms with Gasteiger partial charge in [-0.15, -0.1) is 0 Å². The normalized spacial score (nSPS) is 11.6. The predicted molar refractivity (Wildman–Crippen MR) is 409 cm³/mol. The van der Waals surface area contributed by atoms with Crippen molar-refractivity contribution in [2.75, 3.05) is 0 Å². The molecule has 5 heteroatoms. The summed E-state index contributed by atoms with van der Waals surface area (Å²) in [5.41, 5.74) is 17.7. The van der Waals surface area contributed by atoms with Crippen LogP contribution in [0.1, 0.15) is 5.56 Å². The van der Waals surface area contributed by atoms with Crippen molar-refractivity contribution in [2.45, 2.75) is 6.92 Å². The summed E-state index contributed by atoms with van der Waals surface area (Å²) in [4.78, 5) is 0. The van der Waals surface area contributed by atoms with E-state index in [-0.39, 0.29) is 0 Å². The van der Waals surface area contributed by atoms with Crippen molar-refractivity contribution in [3.8, 4) is 84.6 Å². The topological polar surface area (TPSA) is 14.8 Å². The monoisotopic (exact) mass is 1260 g/mol. The first-order valence-electron chi connectivity index (χ1n) is 33.2. The number of aryl methyl sites for hydroxylation is 1. The molecule has 0 fully saturated rings. The van der Waals surface area contributed by atoms with Crippen molar-refractivity contribution in [3.05, 3.63) is 406 Å². The lowest BCUT2D eigenvalue weighted by atomic mass is 9.97. The predicted octanol–water partition coefficient (Wildman–Crippen LogP) is 17.1. The molecule has 0 radical (unpaired) electrons. The Morgan fingerprint density at radius 1 is 0.188 bits per heavy atom. The minimum atomic E-state index is -3.41. The Morgan fingerprint density at radius 2 is 0.385 bits per heavy atom. The molecule has 0 aliphatic heterocycles. The lowest BCUT2D eigenvalue weighted by molar-refractivity contribution is 1.08. The van der Waals surface area contributed by atoms with E-state index in [0.717, 1.165) is 90.2 Å². The summed E-state index contributed by atoms with van der Waals surface area (Å²) >= 11 is 0. The van der Waals surface area contributed by atoms with Crippen LogP contribution in [0.4, 0.5) is 0 Å². The Kier molecular flexibility index (Phi) is 16.0. The van der Waals surface area contributed by atoms with Gasteiger partial charge < -0.3 is 13.7 Å². The molecule has 0 unspecified atom stereocenters. The SMILES string of the molecule is Cc1cc(-c2ccccc2)n(-c2ccccc2)c1-c1cc(-c2c([Si](c3ccccc3)(c3ccccc3)c3ccccc3)cc(-c3ccccc3)n2-c2ccccc2)cc(-c2c([Si](c3ccccc3)(c3ccccc3)c3ccccc3)cc(-c3ccccc3)n2-c2ccccc2)c1. The van der Waals surface area contributed by atoms with Gasteiger partial charge in [-0.05, 0) is 155 Å². The highest BCUT2D eigenvalue weighted by molar-refractivity contribution is 7.21. The molecular formula is C91H69N3Si2. The van der Waals surface area contributed by atoms with Crippen LogP contribution in [0.25, 0.3) is 84.6 Å². The summed E-state index contributed by atoms with van der Waals surface area (Å²) in [5.74, 6) is 0. The number of rotatable bonds is 17. The Morgan fingerprint density at radius 3 is 0.635 bits per heavy atom. The van der Waals surface area contributed by atoms with Gasteiger partial charge in [-0.2, -0.15) is 0 Å². The van der Waals surface area contributed by atoms with Crippen molar-refractivity contribution in [3.63, 3.8) is 0 Å². The number of para-hydroxylation sites is 3. The van der Waals surface area contributed by atoms with E-state index in [1.165, 1.54) is 41.5 Å². The molecule has 0 aliphatic carbocycles. The molecule has 3 aromatic heterocycles. The van der Waals surface area contributed by atoms with E-state index in [9.17, 15) is 0 Å². The van der Waals surface area contributed by atoms with Crippen molar-refractivity contribution in [1.29, 1.82) is 0 Å². The number of hydrogen-bond donors (Lipinski definition) is 0. The lowest BCUT2D eigenvalue weighted by Crippen LogP contribution is -2.75. The maximum absolute atomic E-state index is 3.41. The third-order valence-electron chi connectivity index (χ3n) is 19.2. The lowest BCUT2D eigenvalue weighted by Gasteiger charge is -2.35. The summed E-state index contributed by atoms with van der Waals surface area (Å²) in [6.07, 6.45) is 0. The van der Waals surface area contributed by atoms with Gasteiger partial charge in [0.25, 0.3) is 0 Å². The van der Waals surface area contributed by atoms with Gasteiger partial charge in [-0.3, -0.25) is 0 Å². The van der Waals surface area contributed by atoms with Gasteiger partial charge >= 0.3 is 0 Å². The third kappa shape index (κ3) is 10.4. The second kappa shape index (κ2) is 25.9. The fourth-order valence-electron chi connectivity index (χ4n) is 15.3. The summed E-state index contributed by atoms with van der Waals surface area (Å²) in [7, 11) is -6.82. The Hall–Kier alpha value is -11.9. The zero-order valence-electron chi connectivity index (χ0n) is 53.4. The Balaban J connectivity index is 1.16. The van der Waals surface area contributed by atoms with Crippen LogP contribution in [0, 0.1) is 6.92 Å². The molecule has 0 atom stereocenters. The fourth-order valence-corrected chi connectivity index (χ4v) is 25.2. The number of hydrogen-bond acceptors (Lipinski definition) is 0. The molecule has 0 N–H and O–H groups in total. The van der Waals surface area contributed by atoms with E-state index in [1.807, 2.05) is 0 Å². The first-order chi connectivity index (χ1) is 47.6. The van der Waals surface area contributed by atoms with E-state index in [2.05, 4.69) is 421 Å². The molecule has 0 bridgehead atoms. The van der Waals surface area contributed by atoms with Gasteiger partial charge in [-0.1, -0.05) is 328 Å². The average molecular weight is 1260 g/mol. The number of aromatic nitrogens is 3. The highest BCUT2D eigenvalue weighted by atomic mass is 28.3. The molecule has 0 saturated carbocycles. The molecule has 16 aromatic rings. The zero-order chi connectivity index (χ0) is 64.3. The summed E-state index contributed by atoms with van der Waals surface area (Å²) in [6.45, 7) is 2.31. The van der Waals surface area contributed by atoms with Crippen molar-refractivity contribution >= 4 is 57.6 Å². The quantitative estimate of drug-likeness (QED) is 0.0638. The van der Waals surface area contributed by atoms with Crippen LogP contribution >= 0.6 is 0 Å². The van der Waals surface area contributed by atoms with Crippen LogP contribution in [0.5, 0.6) is 0 Å². The minimum Gasteiger partial charge on any atom is -0.309 e. The van der Waals surface area contributed by atoms with E-state index in [1.54, 1.807) is 0 Å². The molecule has 13 aromatic carbocycles. The summed E-state index contributed by atoms with van der Waals surface area (Å²) < 4.78 is 7.72. The smallest absolute Gasteiger partial charge is 0.181 e. The molecule has 16 rings (SSSR count). The first kappa shape index (κ1) is 59.2. The molecule has 0 spiro atoms. The Bertz CT molecular complexity index is 4810. The molecule has 3 heterocycles. The van der Waals surface area contributed by atoms with E-state index < -0.39 is 16.1 Å². The molecule has 456 valence electrons.